The zero-order chi connectivity index (χ0) is 13.4. The van der Waals surface area contributed by atoms with Crippen molar-refractivity contribution in [3.05, 3.63) is 22.0 Å². The van der Waals surface area contributed by atoms with E-state index in [1.807, 2.05) is 4.98 Å². The van der Waals surface area contributed by atoms with Crippen LogP contribution in [-0.2, 0) is 10.0 Å². The van der Waals surface area contributed by atoms with Gasteiger partial charge in [0.1, 0.15) is 0 Å². The zero-order valence-electron chi connectivity index (χ0n) is 8.33. The summed E-state index contributed by atoms with van der Waals surface area (Å²) in [4.78, 5) is 12.0. The number of aromatic amines is 1. The monoisotopic (exact) mass is 272 g/mol. The highest BCUT2D eigenvalue weighted by molar-refractivity contribution is 7.89. The molecule has 1 aromatic rings. The van der Waals surface area contributed by atoms with Crippen LogP contribution in [0.25, 0.3) is 0 Å². The standard InChI is InChI=1S/C7H7F3N2O4S/c1-3-2-12-6(16-7(8,9)10)5(4(3)13)17(11,14)15/h2H,1H3,(H,12,13)(H2,11,14,15). The lowest BCUT2D eigenvalue weighted by molar-refractivity contribution is -0.277. The van der Waals surface area contributed by atoms with E-state index in [9.17, 15) is 26.4 Å². The van der Waals surface area contributed by atoms with Crippen LogP contribution >= 0.6 is 0 Å². The van der Waals surface area contributed by atoms with Crippen molar-refractivity contribution in [2.24, 2.45) is 5.14 Å². The Morgan fingerprint density at radius 1 is 1.41 bits per heavy atom. The number of H-pyrrole nitrogens is 1. The van der Waals surface area contributed by atoms with E-state index in [-0.39, 0.29) is 5.56 Å². The predicted octanol–water partition coefficient (Wildman–Crippen LogP) is 0.229. The number of rotatable bonds is 2. The number of primary sulfonamides is 1. The first-order valence-electron chi connectivity index (χ1n) is 4.03. The summed E-state index contributed by atoms with van der Waals surface area (Å²) in [6.45, 7) is 1.21. The number of aromatic nitrogens is 1. The smallest absolute Gasteiger partial charge is 0.388 e. The summed E-state index contributed by atoms with van der Waals surface area (Å²) in [5.74, 6) is -1.25. The molecule has 0 unspecified atom stereocenters. The number of ether oxygens (including phenoxy) is 1. The number of aryl methyl sites for hydroxylation is 1. The van der Waals surface area contributed by atoms with Gasteiger partial charge in [-0.05, 0) is 6.92 Å². The molecule has 0 spiro atoms. The highest BCUT2D eigenvalue weighted by Crippen LogP contribution is 2.24. The van der Waals surface area contributed by atoms with Crippen molar-refractivity contribution in [2.45, 2.75) is 18.2 Å². The van der Waals surface area contributed by atoms with E-state index in [1.54, 1.807) is 0 Å². The van der Waals surface area contributed by atoms with E-state index < -0.39 is 32.6 Å². The van der Waals surface area contributed by atoms with Crippen molar-refractivity contribution >= 4 is 10.0 Å². The maximum Gasteiger partial charge on any atom is 0.574 e. The quantitative estimate of drug-likeness (QED) is 0.804. The number of nitrogens with one attached hydrogen (secondary N) is 1. The molecule has 0 aliphatic heterocycles. The average molecular weight is 272 g/mol. The molecule has 0 saturated carbocycles. The van der Waals surface area contributed by atoms with Gasteiger partial charge in [-0.15, -0.1) is 13.2 Å². The fourth-order valence-corrected chi connectivity index (χ4v) is 1.82. The first-order valence-corrected chi connectivity index (χ1v) is 5.58. The maximum absolute atomic E-state index is 12.0. The first kappa shape index (κ1) is 13.5. The SMILES string of the molecule is Cc1c[nH]c(OC(F)(F)F)c(S(N)(=O)=O)c1=O. The van der Waals surface area contributed by atoms with Gasteiger partial charge < -0.3 is 9.72 Å². The Morgan fingerprint density at radius 2 is 1.94 bits per heavy atom. The largest absolute Gasteiger partial charge is 0.574 e. The highest BCUT2D eigenvalue weighted by Gasteiger charge is 2.35. The summed E-state index contributed by atoms with van der Waals surface area (Å²) >= 11 is 0. The van der Waals surface area contributed by atoms with E-state index in [4.69, 9.17) is 0 Å². The minimum absolute atomic E-state index is 0.108. The molecule has 1 rings (SSSR count). The minimum Gasteiger partial charge on any atom is -0.388 e. The van der Waals surface area contributed by atoms with Gasteiger partial charge in [0, 0.05) is 11.8 Å². The number of hydrogen-bond donors (Lipinski definition) is 2. The van der Waals surface area contributed by atoms with Gasteiger partial charge in [-0.25, -0.2) is 13.6 Å². The summed E-state index contributed by atoms with van der Waals surface area (Å²) in [7, 11) is -4.63. The molecule has 0 bridgehead atoms. The van der Waals surface area contributed by atoms with Crippen molar-refractivity contribution in [1.82, 2.24) is 4.98 Å². The molecular formula is C7H7F3N2O4S. The number of sulfonamides is 1. The topological polar surface area (TPSA) is 102 Å². The molecule has 6 nitrogen and oxygen atoms in total. The Hall–Kier alpha value is -1.55. The van der Waals surface area contributed by atoms with Gasteiger partial charge in [0.2, 0.25) is 21.3 Å². The van der Waals surface area contributed by atoms with Crippen molar-refractivity contribution in [1.29, 1.82) is 0 Å². The third-order valence-corrected chi connectivity index (χ3v) is 2.63. The number of halogens is 3. The molecule has 0 fully saturated rings. The molecule has 0 aliphatic carbocycles. The average Bonchev–Trinajstić information content (AvgIpc) is 2.06. The van der Waals surface area contributed by atoms with Crippen LogP contribution in [0.5, 0.6) is 5.88 Å². The van der Waals surface area contributed by atoms with Crippen LogP contribution < -0.4 is 15.3 Å². The van der Waals surface area contributed by atoms with E-state index in [0.29, 0.717) is 0 Å². The van der Waals surface area contributed by atoms with Gasteiger partial charge in [-0.2, -0.15) is 0 Å². The Bertz CT molecular complexity index is 590. The molecule has 0 aliphatic rings. The third kappa shape index (κ3) is 3.20. The lowest BCUT2D eigenvalue weighted by Gasteiger charge is -2.11. The molecule has 10 heteroatoms. The predicted molar refractivity (Wildman–Crippen MR) is 49.9 cm³/mol. The van der Waals surface area contributed by atoms with Crippen LogP contribution in [0.2, 0.25) is 0 Å². The second-order valence-electron chi connectivity index (χ2n) is 3.05. The second kappa shape index (κ2) is 4.04. The number of pyridine rings is 1. The lowest BCUT2D eigenvalue weighted by atomic mass is 10.3. The van der Waals surface area contributed by atoms with Crippen LogP contribution in [-0.4, -0.2) is 19.8 Å². The molecule has 0 radical (unpaired) electrons. The molecule has 1 heterocycles. The molecule has 17 heavy (non-hydrogen) atoms. The zero-order valence-corrected chi connectivity index (χ0v) is 9.15. The van der Waals surface area contributed by atoms with Crippen molar-refractivity contribution in [3.8, 4) is 5.88 Å². The third-order valence-electron chi connectivity index (χ3n) is 1.69. The van der Waals surface area contributed by atoms with Crippen molar-refractivity contribution in [3.63, 3.8) is 0 Å². The van der Waals surface area contributed by atoms with E-state index in [2.05, 4.69) is 9.88 Å². The molecule has 0 aromatic carbocycles. The number of alkyl halides is 3. The molecule has 0 amide bonds. The van der Waals surface area contributed by atoms with Crippen LogP contribution in [0.4, 0.5) is 13.2 Å². The molecule has 0 atom stereocenters. The molecular weight excluding hydrogens is 265 g/mol. The lowest BCUT2D eigenvalue weighted by Crippen LogP contribution is -2.28. The summed E-state index contributed by atoms with van der Waals surface area (Å²) in [5, 5.41) is 4.65. The first-order chi connectivity index (χ1) is 7.52. The van der Waals surface area contributed by atoms with Crippen LogP contribution in [0.1, 0.15) is 5.56 Å². The van der Waals surface area contributed by atoms with Crippen molar-refractivity contribution in [2.75, 3.05) is 0 Å². The molecule has 3 N–H and O–H groups in total. The Kier molecular flexibility index (Phi) is 3.21. The maximum atomic E-state index is 12.0. The molecule has 1 aromatic heterocycles. The normalized spacial score (nSPS) is 12.5. The highest BCUT2D eigenvalue weighted by atomic mass is 32.2. The number of hydrogen-bond acceptors (Lipinski definition) is 4. The van der Waals surface area contributed by atoms with Crippen molar-refractivity contribution < 1.29 is 26.3 Å². The van der Waals surface area contributed by atoms with E-state index in [0.717, 1.165) is 6.20 Å². The summed E-state index contributed by atoms with van der Waals surface area (Å²) in [5.41, 5.74) is -1.26. The van der Waals surface area contributed by atoms with Gasteiger partial charge in [0.25, 0.3) is 0 Å². The fourth-order valence-electron chi connectivity index (χ4n) is 1.04. The second-order valence-corrected chi connectivity index (χ2v) is 4.55. The minimum atomic E-state index is -5.14. The van der Waals surface area contributed by atoms with Gasteiger partial charge in [0.05, 0.1) is 0 Å². The van der Waals surface area contributed by atoms with Crippen LogP contribution in [0, 0.1) is 6.92 Å². The van der Waals surface area contributed by atoms with Crippen LogP contribution in [0.15, 0.2) is 15.9 Å². The fraction of sp³-hybridized carbons (Fsp3) is 0.286. The Labute approximate surface area is 93.3 Å². The molecule has 96 valence electrons. The van der Waals surface area contributed by atoms with Gasteiger partial charge in [0.15, 0.2) is 4.90 Å². The van der Waals surface area contributed by atoms with E-state index >= 15 is 0 Å². The molecule has 0 saturated heterocycles. The van der Waals surface area contributed by atoms with Gasteiger partial charge in [-0.3, -0.25) is 4.79 Å². The van der Waals surface area contributed by atoms with E-state index in [1.165, 1.54) is 6.92 Å². The summed E-state index contributed by atoms with van der Waals surface area (Å²) in [6.07, 6.45) is -4.25. The summed E-state index contributed by atoms with van der Waals surface area (Å²) in [6, 6.07) is 0. The summed E-state index contributed by atoms with van der Waals surface area (Å²) < 4.78 is 61.3. The Morgan fingerprint density at radius 3 is 2.35 bits per heavy atom. The van der Waals surface area contributed by atoms with Crippen LogP contribution in [0.3, 0.4) is 0 Å². The Balaban J connectivity index is 3.54. The number of nitrogens with two attached hydrogens (primary N) is 1. The van der Waals surface area contributed by atoms with Gasteiger partial charge >= 0.3 is 6.36 Å². The van der Waals surface area contributed by atoms with Gasteiger partial charge in [-0.1, -0.05) is 0 Å².